The number of phenols is 1. The number of nitrogens with zero attached hydrogens (tertiary/aromatic N) is 2. The molecule has 2 aromatic carbocycles. The largest absolute Gasteiger partial charge is 0.504 e. The van der Waals surface area contributed by atoms with Crippen LogP contribution in [-0.4, -0.2) is 21.7 Å². The number of nitrogens with one attached hydrogen (secondary N) is 1. The molecular weight excluding hydrogens is 350 g/mol. The minimum atomic E-state index is 0.104. The van der Waals surface area contributed by atoms with Crippen LogP contribution in [0.15, 0.2) is 36.9 Å². The first-order chi connectivity index (χ1) is 13.5. The molecule has 0 saturated heterocycles. The second-order valence-electron chi connectivity index (χ2n) is 6.66. The molecule has 0 fully saturated rings. The number of hydrogen-bond acceptors (Lipinski definition) is 4. The van der Waals surface area contributed by atoms with Gasteiger partial charge in [-0.15, -0.1) is 6.58 Å². The second-order valence-corrected chi connectivity index (χ2v) is 6.66. The van der Waals surface area contributed by atoms with Crippen LogP contribution in [0.1, 0.15) is 35.0 Å². The van der Waals surface area contributed by atoms with Crippen LogP contribution in [0.3, 0.4) is 0 Å². The van der Waals surface area contributed by atoms with Gasteiger partial charge < -0.3 is 14.8 Å². The molecule has 0 bridgehead atoms. The van der Waals surface area contributed by atoms with Crippen molar-refractivity contribution in [2.75, 3.05) is 6.61 Å². The van der Waals surface area contributed by atoms with Crippen molar-refractivity contribution in [1.82, 2.24) is 9.97 Å². The first-order valence-corrected chi connectivity index (χ1v) is 9.15. The Kier molecular flexibility index (Phi) is 5.51. The number of benzene rings is 2. The van der Waals surface area contributed by atoms with Crippen LogP contribution in [0.2, 0.25) is 0 Å². The monoisotopic (exact) mass is 373 g/mol. The number of aryl methyl sites for hydroxylation is 2. The highest BCUT2D eigenvalue weighted by Gasteiger charge is 2.13. The lowest BCUT2D eigenvalue weighted by Crippen LogP contribution is -1.95. The summed E-state index contributed by atoms with van der Waals surface area (Å²) in [7, 11) is 0. The number of aromatic hydroxyl groups is 1. The predicted octanol–water partition coefficient (Wildman–Crippen LogP) is 5.08. The summed E-state index contributed by atoms with van der Waals surface area (Å²) in [5.74, 6) is 1.01. The number of hydrogen-bond donors (Lipinski definition) is 2. The zero-order chi connectivity index (χ0) is 20.3. The number of aromatic amines is 1. The van der Waals surface area contributed by atoms with Gasteiger partial charge in [0.05, 0.1) is 23.2 Å². The smallest absolute Gasteiger partial charge is 0.161 e. The first kappa shape index (κ1) is 19.2. The van der Waals surface area contributed by atoms with Gasteiger partial charge in [-0.2, -0.15) is 5.26 Å². The number of imidazole rings is 1. The lowest BCUT2D eigenvalue weighted by molar-refractivity contribution is 0.317. The number of phenolic OH excluding ortho intramolecular Hbond substituents is 1. The molecule has 0 aliphatic carbocycles. The van der Waals surface area contributed by atoms with Crippen molar-refractivity contribution < 1.29 is 9.84 Å². The van der Waals surface area contributed by atoms with E-state index in [4.69, 9.17) is 4.74 Å². The zero-order valence-corrected chi connectivity index (χ0v) is 16.3. The molecule has 0 aliphatic heterocycles. The minimum Gasteiger partial charge on any atom is -0.504 e. The maximum atomic E-state index is 10.4. The third-order valence-electron chi connectivity index (χ3n) is 4.62. The molecule has 0 aliphatic rings. The third-order valence-corrected chi connectivity index (χ3v) is 4.62. The molecule has 5 heteroatoms. The van der Waals surface area contributed by atoms with E-state index in [-0.39, 0.29) is 5.75 Å². The summed E-state index contributed by atoms with van der Waals surface area (Å²) in [5, 5.41) is 20.1. The Morgan fingerprint density at radius 2 is 2.04 bits per heavy atom. The number of ether oxygens (including phenoxy) is 1. The Bertz CT molecular complexity index is 1080. The molecule has 28 heavy (non-hydrogen) atoms. The van der Waals surface area contributed by atoms with Crippen molar-refractivity contribution in [2.45, 2.75) is 27.2 Å². The molecule has 3 rings (SSSR count). The number of nitriles is 1. The molecule has 142 valence electrons. The van der Waals surface area contributed by atoms with Crippen molar-refractivity contribution in [1.29, 1.82) is 5.26 Å². The zero-order valence-electron chi connectivity index (χ0n) is 16.3. The molecule has 1 aromatic heterocycles. The highest BCUT2D eigenvalue weighted by atomic mass is 16.5. The van der Waals surface area contributed by atoms with Gasteiger partial charge in [0.15, 0.2) is 11.5 Å². The molecular formula is C23H23N3O2. The Morgan fingerprint density at radius 1 is 1.29 bits per heavy atom. The molecule has 0 unspecified atom stereocenters. The molecule has 5 nitrogen and oxygen atoms in total. The molecule has 3 aromatic rings. The second kappa shape index (κ2) is 8.01. The van der Waals surface area contributed by atoms with Gasteiger partial charge in [-0.1, -0.05) is 6.08 Å². The van der Waals surface area contributed by atoms with Crippen molar-refractivity contribution >= 4 is 22.7 Å². The standard InChI is InChI=1S/C23H23N3O2/c1-5-7-17-10-16(12-21(22(17)27)28-6-2)11-18(13-24)23-25-19-8-14(3)15(4)9-20(19)26-23/h5,8-12,27H,1,6-7H2,2-4H3,(H,25,26)/b18-11-. The summed E-state index contributed by atoms with van der Waals surface area (Å²) in [5.41, 5.74) is 5.90. The van der Waals surface area contributed by atoms with Gasteiger partial charge in [-0.25, -0.2) is 4.98 Å². The summed E-state index contributed by atoms with van der Waals surface area (Å²) in [4.78, 5) is 7.80. The van der Waals surface area contributed by atoms with E-state index in [2.05, 4.69) is 22.6 Å². The molecule has 0 radical (unpaired) electrons. The number of fused-ring (bicyclic) bond motifs is 1. The number of allylic oxidation sites excluding steroid dienone is 2. The maximum Gasteiger partial charge on any atom is 0.161 e. The molecule has 1 heterocycles. The van der Waals surface area contributed by atoms with Gasteiger partial charge in [0.2, 0.25) is 0 Å². The molecule has 0 spiro atoms. The highest BCUT2D eigenvalue weighted by Crippen LogP contribution is 2.33. The summed E-state index contributed by atoms with van der Waals surface area (Å²) < 4.78 is 5.54. The molecule has 0 atom stereocenters. The Labute approximate surface area is 164 Å². The van der Waals surface area contributed by atoms with E-state index in [0.29, 0.717) is 35.7 Å². The Balaban J connectivity index is 2.10. The normalized spacial score (nSPS) is 11.4. The number of rotatable bonds is 6. The fourth-order valence-corrected chi connectivity index (χ4v) is 3.07. The molecule has 0 amide bonds. The van der Waals surface area contributed by atoms with Gasteiger partial charge >= 0.3 is 0 Å². The van der Waals surface area contributed by atoms with Crippen LogP contribution in [0.5, 0.6) is 11.5 Å². The van der Waals surface area contributed by atoms with E-state index < -0.39 is 0 Å². The Hall–Kier alpha value is -3.52. The van der Waals surface area contributed by atoms with Gasteiger partial charge in [0.1, 0.15) is 11.9 Å². The van der Waals surface area contributed by atoms with Gasteiger partial charge in [0.25, 0.3) is 0 Å². The van der Waals surface area contributed by atoms with Crippen LogP contribution in [-0.2, 0) is 6.42 Å². The fourth-order valence-electron chi connectivity index (χ4n) is 3.07. The van der Waals surface area contributed by atoms with E-state index in [1.165, 1.54) is 5.56 Å². The summed E-state index contributed by atoms with van der Waals surface area (Å²) in [6, 6.07) is 9.81. The van der Waals surface area contributed by atoms with E-state index in [0.717, 1.165) is 22.2 Å². The summed E-state index contributed by atoms with van der Waals surface area (Å²) in [6.45, 7) is 10.1. The SMILES string of the molecule is C=CCc1cc(/C=C(/C#N)c2nc3cc(C)c(C)cc3[nH]2)cc(OCC)c1O. The maximum absolute atomic E-state index is 10.4. The van der Waals surface area contributed by atoms with Crippen LogP contribution in [0, 0.1) is 25.2 Å². The predicted molar refractivity (Wildman–Crippen MR) is 112 cm³/mol. The topological polar surface area (TPSA) is 81.9 Å². The van der Waals surface area contributed by atoms with Crippen LogP contribution < -0.4 is 4.74 Å². The first-order valence-electron chi connectivity index (χ1n) is 9.15. The average molecular weight is 373 g/mol. The lowest BCUT2D eigenvalue weighted by Gasteiger charge is -2.11. The quantitative estimate of drug-likeness (QED) is 0.466. The number of aromatic nitrogens is 2. The van der Waals surface area contributed by atoms with Gasteiger partial charge in [-0.3, -0.25) is 0 Å². The van der Waals surface area contributed by atoms with Crippen LogP contribution in [0.25, 0.3) is 22.7 Å². The van der Waals surface area contributed by atoms with Gasteiger partial charge in [-0.05, 0) is 74.2 Å². The lowest BCUT2D eigenvalue weighted by atomic mass is 10.0. The summed E-state index contributed by atoms with van der Waals surface area (Å²) >= 11 is 0. The third kappa shape index (κ3) is 3.77. The molecule has 2 N–H and O–H groups in total. The van der Waals surface area contributed by atoms with Crippen molar-refractivity contribution in [3.63, 3.8) is 0 Å². The number of H-pyrrole nitrogens is 1. The molecule has 0 saturated carbocycles. The minimum absolute atomic E-state index is 0.104. The van der Waals surface area contributed by atoms with Crippen molar-refractivity contribution in [3.8, 4) is 17.6 Å². The van der Waals surface area contributed by atoms with E-state index in [1.807, 2.05) is 39.0 Å². The highest BCUT2D eigenvalue weighted by molar-refractivity contribution is 5.91. The van der Waals surface area contributed by atoms with E-state index in [9.17, 15) is 10.4 Å². The van der Waals surface area contributed by atoms with E-state index >= 15 is 0 Å². The fraction of sp³-hybridized carbons (Fsp3) is 0.217. The summed E-state index contributed by atoms with van der Waals surface area (Å²) in [6.07, 6.45) is 3.96. The van der Waals surface area contributed by atoms with Crippen molar-refractivity contribution in [3.05, 3.63) is 65.0 Å². The van der Waals surface area contributed by atoms with Crippen LogP contribution >= 0.6 is 0 Å². The average Bonchev–Trinajstić information content (AvgIpc) is 3.06. The van der Waals surface area contributed by atoms with E-state index in [1.54, 1.807) is 18.2 Å². The van der Waals surface area contributed by atoms with Crippen LogP contribution in [0.4, 0.5) is 0 Å². The Morgan fingerprint density at radius 3 is 2.71 bits per heavy atom. The van der Waals surface area contributed by atoms with Crippen molar-refractivity contribution in [2.24, 2.45) is 0 Å². The van der Waals surface area contributed by atoms with Gasteiger partial charge in [0, 0.05) is 5.56 Å².